The van der Waals surface area contributed by atoms with E-state index < -0.39 is 0 Å². The minimum atomic E-state index is 0.224. The zero-order chi connectivity index (χ0) is 14.1. The number of amides is 1. The van der Waals surface area contributed by atoms with E-state index in [1.165, 1.54) is 38.5 Å². The number of carbonyl (C=O) groups is 1. The first-order valence-corrected chi connectivity index (χ1v) is 8.15. The van der Waals surface area contributed by atoms with Gasteiger partial charge in [0.05, 0.1) is 0 Å². The number of nitrogens with zero attached hydrogens (tertiary/aromatic N) is 1. The maximum atomic E-state index is 11.3. The van der Waals surface area contributed by atoms with Crippen LogP contribution in [-0.4, -0.2) is 36.0 Å². The lowest BCUT2D eigenvalue weighted by Gasteiger charge is -2.33. The highest BCUT2D eigenvalue weighted by Crippen LogP contribution is 2.13. The Morgan fingerprint density at radius 1 is 1.21 bits per heavy atom. The SMILES string of the molecule is CCCCCCCC(C)NC1CCN(C(C)=O)CC1. The number of rotatable bonds is 8. The average Bonchev–Trinajstić information content (AvgIpc) is 2.39. The van der Waals surface area contributed by atoms with E-state index in [0.29, 0.717) is 12.1 Å². The summed E-state index contributed by atoms with van der Waals surface area (Å²) < 4.78 is 0. The van der Waals surface area contributed by atoms with Gasteiger partial charge in [-0.1, -0.05) is 39.0 Å². The van der Waals surface area contributed by atoms with Crippen molar-refractivity contribution < 1.29 is 4.79 Å². The molecule has 0 saturated carbocycles. The molecule has 0 aromatic carbocycles. The summed E-state index contributed by atoms with van der Waals surface area (Å²) in [5, 5.41) is 3.73. The Morgan fingerprint density at radius 3 is 2.42 bits per heavy atom. The topological polar surface area (TPSA) is 32.3 Å². The standard InChI is InChI=1S/C16H32N2O/c1-4-5-6-7-8-9-14(2)17-16-10-12-18(13-11-16)15(3)19/h14,16-17H,4-13H2,1-3H3. The number of nitrogens with one attached hydrogen (secondary N) is 1. The van der Waals surface area contributed by atoms with Crippen LogP contribution in [0.3, 0.4) is 0 Å². The number of piperidine rings is 1. The van der Waals surface area contributed by atoms with Gasteiger partial charge in [-0.15, -0.1) is 0 Å². The second kappa shape index (κ2) is 9.35. The fourth-order valence-electron chi connectivity index (χ4n) is 2.90. The fourth-order valence-corrected chi connectivity index (χ4v) is 2.90. The van der Waals surface area contributed by atoms with E-state index in [0.717, 1.165) is 25.9 Å². The zero-order valence-electron chi connectivity index (χ0n) is 13.1. The molecule has 1 atom stereocenters. The molecular formula is C16H32N2O. The molecule has 1 unspecified atom stereocenters. The predicted molar refractivity (Wildman–Crippen MR) is 81.2 cm³/mol. The maximum Gasteiger partial charge on any atom is 0.219 e. The van der Waals surface area contributed by atoms with E-state index in [4.69, 9.17) is 0 Å². The lowest BCUT2D eigenvalue weighted by atomic mass is 10.0. The number of likely N-dealkylation sites (tertiary alicyclic amines) is 1. The monoisotopic (exact) mass is 268 g/mol. The maximum absolute atomic E-state index is 11.3. The average molecular weight is 268 g/mol. The highest BCUT2D eigenvalue weighted by Gasteiger charge is 2.21. The highest BCUT2D eigenvalue weighted by molar-refractivity contribution is 5.73. The van der Waals surface area contributed by atoms with Gasteiger partial charge in [0.2, 0.25) is 5.91 Å². The van der Waals surface area contributed by atoms with Crippen molar-refractivity contribution in [3.05, 3.63) is 0 Å². The van der Waals surface area contributed by atoms with E-state index in [-0.39, 0.29) is 5.91 Å². The van der Waals surface area contributed by atoms with E-state index in [2.05, 4.69) is 19.2 Å². The van der Waals surface area contributed by atoms with Gasteiger partial charge in [-0.05, 0) is 26.2 Å². The zero-order valence-corrected chi connectivity index (χ0v) is 13.1. The molecular weight excluding hydrogens is 236 g/mol. The number of unbranched alkanes of at least 4 members (excludes halogenated alkanes) is 4. The molecule has 3 nitrogen and oxygen atoms in total. The van der Waals surface area contributed by atoms with Gasteiger partial charge in [0.15, 0.2) is 0 Å². The Kier molecular flexibility index (Phi) is 8.11. The van der Waals surface area contributed by atoms with Crippen molar-refractivity contribution in [2.45, 2.75) is 84.2 Å². The van der Waals surface area contributed by atoms with Crippen LogP contribution in [0.5, 0.6) is 0 Å². The molecule has 1 N–H and O–H groups in total. The fraction of sp³-hybridized carbons (Fsp3) is 0.938. The Balaban J connectivity index is 2.06. The Hall–Kier alpha value is -0.570. The van der Waals surface area contributed by atoms with Crippen LogP contribution in [0, 0.1) is 0 Å². The van der Waals surface area contributed by atoms with Crippen molar-refractivity contribution in [3.8, 4) is 0 Å². The van der Waals surface area contributed by atoms with Gasteiger partial charge in [0.25, 0.3) is 0 Å². The van der Waals surface area contributed by atoms with Gasteiger partial charge in [-0.25, -0.2) is 0 Å². The van der Waals surface area contributed by atoms with Crippen molar-refractivity contribution in [1.82, 2.24) is 10.2 Å². The summed E-state index contributed by atoms with van der Waals surface area (Å²) in [6.07, 6.45) is 10.3. The van der Waals surface area contributed by atoms with E-state index >= 15 is 0 Å². The summed E-state index contributed by atoms with van der Waals surface area (Å²) in [4.78, 5) is 13.2. The van der Waals surface area contributed by atoms with Gasteiger partial charge in [-0.3, -0.25) is 4.79 Å². The molecule has 1 heterocycles. The Labute approximate surface area is 119 Å². The minimum absolute atomic E-state index is 0.224. The number of carbonyl (C=O) groups excluding carboxylic acids is 1. The summed E-state index contributed by atoms with van der Waals surface area (Å²) in [5.74, 6) is 0.224. The van der Waals surface area contributed by atoms with Gasteiger partial charge < -0.3 is 10.2 Å². The number of hydrogen-bond donors (Lipinski definition) is 1. The summed E-state index contributed by atoms with van der Waals surface area (Å²) in [6.45, 7) is 8.09. The van der Waals surface area contributed by atoms with Gasteiger partial charge in [-0.2, -0.15) is 0 Å². The molecule has 1 rings (SSSR count). The van der Waals surface area contributed by atoms with Crippen LogP contribution in [0.25, 0.3) is 0 Å². The lowest BCUT2D eigenvalue weighted by molar-refractivity contribution is -0.129. The summed E-state index contributed by atoms with van der Waals surface area (Å²) in [6, 6.07) is 1.23. The molecule has 0 radical (unpaired) electrons. The molecule has 1 fully saturated rings. The van der Waals surface area contributed by atoms with Crippen molar-refractivity contribution >= 4 is 5.91 Å². The van der Waals surface area contributed by atoms with Crippen molar-refractivity contribution in [2.24, 2.45) is 0 Å². The van der Waals surface area contributed by atoms with Crippen LogP contribution >= 0.6 is 0 Å². The second-order valence-electron chi connectivity index (χ2n) is 6.05. The molecule has 0 aromatic rings. The number of hydrogen-bond acceptors (Lipinski definition) is 2. The second-order valence-corrected chi connectivity index (χ2v) is 6.05. The van der Waals surface area contributed by atoms with Crippen LogP contribution in [0.1, 0.15) is 72.1 Å². The first kappa shape index (κ1) is 16.5. The highest BCUT2D eigenvalue weighted by atomic mass is 16.2. The summed E-state index contributed by atoms with van der Waals surface area (Å²) in [7, 11) is 0. The van der Waals surface area contributed by atoms with Crippen LogP contribution in [0.2, 0.25) is 0 Å². The van der Waals surface area contributed by atoms with Crippen LogP contribution < -0.4 is 5.32 Å². The smallest absolute Gasteiger partial charge is 0.219 e. The Bertz CT molecular complexity index is 247. The molecule has 1 amide bonds. The van der Waals surface area contributed by atoms with Crippen molar-refractivity contribution in [1.29, 1.82) is 0 Å². The minimum Gasteiger partial charge on any atom is -0.343 e. The molecule has 1 saturated heterocycles. The summed E-state index contributed by atoms with van der Waals surface area (Å²) in [5.41, 5.74) is 0. The van der Waals surface area contributed by atoms with Gasteiger partial charge in [0, 0.05) is 32.1 Å². The normalized spacial score (nSPS) is 18.6. The first-order valence-electron chi connectivity index (χ1n) is 8.15. The van der Waals surface area contributed by atoms with Crippen LogP contribution in [-0.2, 0) is 4.79 Å². The molecule has 1 aliphatic heterocycles. The third-order valence-corrected chi connectivity index (χ3v) is 4.20. The summed E-state index contributed by atoms with van der Waals surface area (Å²) >= 11 is 0. The van der Waals surface area contributed by atoms with Crippen molar-refractivity contribution in [2.75, 3.05) is 13.1 Å². The Morgan fingerprint density at radius 2 is 1.84 bits per heavy atom. The molecule has 1 aliphatic rings. The van der Waals surface area contributed by atoms with E-state index in [1.54, 1.807) is 6.92 Å². The molecule has 0 aliphatic carbocycles. The molecule has 19 heavy (non-hydrogen) atoms. The molecule has 0 aromatic heterocycles. The van der Waals surface area contributed by atoms with Gasteiger partial charge in [0.1, 0.15) is 0 Å². The molecule has 112 valence electrons. The third kappa shape index (κ3) is 6.95. The molecule has 0 spiro atoms. The van der Waals surface area contributed by atoms with Crippen molar-refractivity contribution in [3.63, 3.8) is 0 Å². The van der Waals surface area contributed by atoms with Gasteiger partial charge >= 0.3 is 0 Å². The lowest BCUT2D eigenvalue weighted by Crippen LogP contribution is -2.46. The quantitative estimate of drug-likeness (QED) is 0.685. The molecule has 0 bridgehead atoms. The largest absolute Gasteiger partial charge is 0.343 e. The van der Waals surface area contributed by atoms with Crippen LogP contribution in [0.15, 0.2) is 0 Å². The predicted octanol–water partition coefficient (Wildman–Crippen LogP) is 3.34. The van der Waals surface area contributed by atoms with E-state index in [9.17, 15) is 4.79 Å². The molecule has 3 heteroatoms. The third-order valence-electron chi connectivity index (χ3n) is 4.20. The van der Waals surface area contributed by atoms with E-state index in [1.807, 2.05) is 4.90 Å². The van der Waals surface area contributed by atoms with Crippen LogP contribution in [0.4, 0.5) is 0 Å². The first-order chi connectivity index (χ1) is 9.13.